The number of esters is 1. The summed E-state index contributed by atoms with van der Waals surface area (Å²) in [5.41, 5.74) is 1.08. The van der Waals surface area contributed by atoms with E-state index in [1.807, 2.05) is 6.07 Å². The van der Waals surface area contributed by atoms with Crippen LogP contribution in [-0.4, -0.2) is 13.1 Å². The molecule has 4 rings (SSSR count). The van der Waals surface area contributed by atoms with Crippen LogP contribution in [0.25, 0.3) is 0 Å². The monoisotopic (exact) mass is 240 g/mol. The third kappa shape index (κ3) is 0.878. The lowest BCUT2D eigenvalue weighted by Gasteiger charge is -2.25. The molecule has 0 aromatic heterocycles. The highest BCUT2D eigenvalue weighted by Crippen LogP contribution is 2.81. The standard InChI is InChI=1S/C16H16O2/c1-18-14(17)16-10-15(16,11-5-3-2-4-6-11)12-7-8-13(16)9-12/h2-8,12-13H,9-10H2,1H3/t12-,13+,15+,16+/m0/s1. The molecule has 4 atom stereocenters. The van der Waals surface area contributed by atoms with Crippen molar-refractivity contribution in [1.29, 1.82) is 0 Å². The fourth-order valence-electron chi connectivity index (χ4n) is 4.65. The summed E-state index contributed by atoms with van der Waals surface area (Å²) in [7, 11) is 1.51. The second kappa shape index (κ2) is 3.05. The van der Waals surface area contributed by atoms with Crippen LogP contribution in [0.1, 0.15) is 18.4 Å². The number of carbonyl (C=O) groups is 1. The second-order valence-electron chi connectivity index (χ2n) is 5.81. The summed E-state index contributed by atoms with van der Waals surface area (Å²) in [5.74, 6) is 0.891. The van der Waals surface area contributed by atoms with Gasteiger partial charge in [0.25, 0.3) is 0 Å². The Morgan fingerprint density at radius 1 is 1.22 bits per heavy atom. The largest absolute Gasteiger partial charge is 0.469 e. The van der Waals surface area contributed by atoms with Crippen molar-refractivity contribution < 1.29 is 9.53 Å². The molecule has 18 heavy (non-hydrogen) atoms. The van der Waals surface area contributed by atoms with E-state index in [1.165, 1.54) is 12.7 Å². The first-order valence-corrected chi connectivity index (χ1v) is 6.58. The third-order valence-electron chi connectivity index (χ3n) is 5.42. The molecule has 0 spiro atoms. The van der Waals surface area contributed by atoms with Gasteiger partial charge in [-0.1, -0.05) is 42.5 Å². The molecule has 2 heteroatoms. The molecule has 0 saturated heterocycles. The number of carbonyl (C=O) groups excluding carboxylic acids is 1. The molecule has 0 N–H and O–H groups in total. The Labute approximate surface area is 107 Å². The van der Waals surface area contributed by atoms with Crippen LogP contribution in [0.2, 0.25) is 0 Å². The van der Waals surface area contributed by atoms with Gasteiger partial charge in [-0.2, -0.15) is 0 Å². The second-order valence-corrected chi connectivity index (χ2v) is 5.81. The van der Waals surface area contributed by atoms with Crippen LogP contribution in [0, 0.1) is 17.3 Å². The zero-order chi connectivity index (χ0) is 12.4. The van der Waals surface area contributed by atoms with Gasteiger partial charge in [-0.05, 0) is 30.2 Å². The number of hydrogen-bond donors (Lipinski definition) is 0. The van der Waals surface area contributed by atoms with Crippen molar-refractivity contribution in [3.63, 3.8) is 0 Å². The highest BCUT2D eigenvalue weighted by molar-refractivity contribution is 5.87. The summed E-state index contributed by atoms with van der Waals surface area (Å²) in [6.07, 6.45) is 6.62. The molecule has 0 amide bonds. The van der Waals surface area contributed by atoms with Gasteiger partial charge in [-0.25, -0.2) is 0 Å². The summed E-state index contributed by atoms with van der Waals surface area (Å²) in [5, 5.41) is 0. The number of benzene rings is 1. The van der Waals surface area contributed by atoms with E-state index in [0.29, 0.717) is 11.8 Å². The fourth-order valence-corrected chi connectivity index (χ4v) is 4.65. The van der Waals surface area contributed by atoms with Gasteiger partial charge in [0.05, 0.1) is 12.5 Å². The van der Waals surface area contributed by atoms with Crippen LogP contribution in [0.4, 0.5) is 0 Å². The van der Waals surface area contributed by atoms with Crippen LogP contribution < -0.4 is 0 Å². The first kappa shape index (κ1) is 10.4. The van der Waals surface area contributed by atoms with Crippen molar-refractivity contribution in [3.05, 3.63) is 48.0 Å². The van der Waals surface area contributed by atoms with E-state index in [9.17, 15) is 4.79 Å². The van der Waals surface area contributed by atoms with E-state index >= 15 is 0 Å². The lowest BCUT2D eigenvalue weighted by molar-refractivity contribution is -0.149. The minimum Gasteiger partial charge on any atom is -0.469 e. The average Bonchev–Trinajstić information content (AvgIpc) is 2.84. The van der Waals surface area contributed by atoms with E-state index in [-0.39, 0.29) is 16.8 Å². The summed E-state index contributed by atoms with van der Waals surface area (Å²) >= 11 is 0. The molecule has 2 bridgehead atoms. The molecule has 1 aromatic carbocycles. The van der Waals surface area contributed by atoms with Crippen molar-refractivity contribution in [2.24, 2.45) is 17.3 Å². The SMILES string of the molecule is COC(=O)[C@]12C[C@@]1(c1ccccc1)[C@H]1C=C[C@@H]2C1. The van der Waals surface area contributed by atoms with Gasteiger partial charge < -0.3 is 4.74 Å². The zero-order valence-corrected chi connectivity index (χ0v) is 10.4. The zero-order valence-electron chi connectivity index (χ0n) is 10.4. The number of allylic oxidation sites excluding steroid dienone is 2. The first-order valence-electron chi connectivity index (χ1n) is 6.58. The normalized spacial score (nSPS) is 42.7. The maximum atomic E-state index is 12.3. The Bertz CT molecular complexity index is 547. The van der Waals surface area contributed by atoms with Gasteiger partial charge in [0, 0.05) is 5.41 Å². The molecule has 0 heterocycles. The van der Waals surface area contributed by atoms with Crippen molar-refractivity contribution in [3.8, 4) is 0 Å². The molecule has 2 nitrogen and oxygen atoms in total. The smallest absolute Gasteiger partial charge is 0.313 e. The van der Waals surface area contributed by atoms with Crippen molar-refractivity contribution in [1.82, 2.24) is 0 Å². The molecule has 0 unspecified atom stereocenters. The van der Waals surface area contributed by atoms with Crippen LogP contribution in [0.15, 0.2) is 42.5 Å². The topological polar surface area (TPSA) is 26.3 Å². The molecule has 3 aliphatic carbocycles. The Kier molecular flexibility index (Phi) is 1.76. The molecule has 0 aliphatic heterocycles. The molecular formula is C16H16O2. The Morgan fingerprint density at radius 3 is 2.67 bits per heavy atom. The van der Waals surface area contributed by atoms with Crippen LogP contribution in [-0.2, 0) is 14.9 Å². The Balaban J connectivity index is 1.87. The lowest BCUT2D eigenvalue weighted by atomic mass is 9.78. The van der Waals surface area contributed by atoms with Crippen molar-refractivity contribution in [2.75, 3.05) is 7.11 Å². The molecular weight excluding hydrogens is 224 g/mol. The predicted molar refractivity (Wildman–Crippen MR) is 67.9 cm³/mol. The van der Waals surface area contributed by atoms with Crippen LogP contribution in [0.3, 0.4) is 0 Å². The molecule has 0 radical (unpaired) electrons. The van der Waals surface area contributed by atoms with Gasteiger partial charge in [0.2, 0.25) is 0 Å². The summed E-state index contributed by atoms with van der Waals surface area (Å²) < 4.78 is 5.11. The van der Waals surface area contributed by atoms with Gasteiger partial charge >= 0.3 is 5.97 Å². The quantitative estimate of drug-likeness (QED) is 0.587. The Hall–Kier alpha value is -1.57. The lowest BCUT2D eigenvalue weighted by Crippen LogP contribution is -2.31. The van der Waals surface area contributed by atoms with E-state index in [2.05, 4.69) is 36.4 Å². The number of rotatable bonds is 2. The minimum atomic E-state index is -0.261. The first-order chi connectivity index (χ1) is 8.75. The fraction of sp³-hybridized carbons (Fsp3) is 0.438. The number of methoxy groups -OCH3 is 1. The van der Waals surface area contributed by atoms with Crippen molar-refractivity contribution in [2.45, 2.75) is 18.3 Å². The molecule has 3 aliphatic rings. The maximum absolute atomic E-state index is 12.3. The van der Waals surface area contributed by atoms with E-state index in [0.717, 1.165) is 12.8 Å². The molecule has 92 valence electrons. The maximum Gasteiger partial charge on any atom is 0.313 e. The highest BCUT2D eigenvalue weighted by atomic mass is 16.5. The third-order valence-corrected chi connectivity index (χ3v) is 5.42. The number of ether oxygens (including phenoxy) is 1. The highest BCUT2D eigenvalue weighted by Gasteiger charge is 2.83. The van der Waals surface area contributed by atoms with Crippen LogP contribution >= 0.6 is 0 Å². The van der Waals surface area contributed by atoms with Gasteiger partial charge in [0.1, 0.15) is 0 Å². The minimum absolute atomic E-state index is 0.0109. The Morgan fingerprint density at radius 2 is 1.94 bits per heavy atom. The molecule has 2 fully saturated rings. The van der Waals surface area contributed by atoms with Gasteiger partial charge in [0.15, 0.2) is 0 Å². The van der Waals surface area contributed by atoms with Crippen LogP contribution in [0.5, 0.6) is 0 Å². The van der Waals surface area contributed by atoms with E-state index in [4.69, 9.17) is 4.74 Å². The van der Waals surface area contributed by atoms with Gasteiger partial charge in [-0.3, -0.25) is 4.79 Å². The predicted octanol–water partition coefficient (Wildman–Crippen LogP) is 2.69. The number of fused-ring (bicyclic) bond motifs is 5. The molecule has 1 aromatic rings. The number of hydrogen-bond acceptors (Lipinski definition) is 2. The summed E-state index contributed by atoms with van der Waals surface area (Å²) in [6.45, 7) is 0. The van der Waals surface area contributed by atoms with Crippen molar-refractivity contribution >= 4 is 5.97 Å². The average molecular weight is 240 g/mol. The van der Waals surface area contributed by atoms with E-state index in [1.54, 1.807) is 0 Å². The van der Waals surface area contributed by atoms with Gasteiger partial charge in [-0.15, -0.1) is 0 Å². The molecule has 2 saturated carbocycles. The summed E-state index contributed by atoms with van der Waals surface area (Å²) in [4.78, 5) is 12.3. The summed E-state index contributed by atoms with van der Waals surface area (Å²) in [6, 6.07) is 10.5. The van der Waals surface area contributed by atoms with E-state index < -0.39 is 0 Å².